The predicted molar refractivity (Wildman–Crippen MR) is 111 cm³/mol. The summed E-state index contributed by atoms with van der Waals surface area (Å²) in [5, 5.41) is 5.96. The summed E-state index contributed by atoms with van der Waals surface area (Å²) in [5.41, 5.74) is 4.17. The lowest BCUT2D eigenvalue weighted by molar-refractivity contribution is 0.249. The number of anilines is 2. The largest absolute Gasteiger partial charge is 0.372 e. The quantitative estimate of drug-likeness (QED) is 0.740. The van der Waals surface area contributed by atoms with Gasteiger partial charge < -0.3 is 15.5 Å². The van der Waals surface area contributed by atoms with E-state index in [0.717, 1.165) is 24.3 Å². The number of nitrogens with zero attached hydrogens (tertiary/aromatic N) is 1. The van der Waals surface area contributed by atoms with Gasteiger partial charge in [-0.15, -0.1) is 0 Å². The van der Waals surface area contributed by atoms with Gasteiger partial charge in [-0.25, -0.2) is 4.79 Å². The molecule has 0 radical (unpaired) electrons. The van der Waals surface area contributed by atoms with E-state index in [1.54, 1.807) is 0 Å². The Kier molecular flexibility index (Phi) is 6.67. The van der Waals surface area contributed by atoms with Crippen molar-refractivity contribution in [1.82, 2.24) is 5.32 Å². The molecule has 0 saturated carbocycles. The van der Waals surface area contributed by atoms with E-state index < -0.39 is 0 Å². The zero-order valence-electron chi connectivity index (χ0n) is 16.6. The number of hydrogen-bond donors (Lipinski definition) is 2. The third kappa shape index (κ3) is 5.01. The third-order valence-electron chi connectivity index (χ3n) is 4.83. The minimum atomic E-state index is -0.173. The monoisotopic (exact) mass is 353 g/mol. The molecule has 4 nitrogen and oxygen atoms in total. The van der Waals surface area contributed by atoms with E-state index in [4.69, 9.17) is 0 Å². The van der Waals surface area contributed by atoms with E-state index in [2.05, 4.69) is 67.5 Å². The Hall–Kier alpha value is -2.49. The lowest BCUT2D eigenvalue weighted by atomic mass is 9.85. The van der Waals surface area contributed by atoms with Gasteiger partial charge in [0.1, 0.15) is 0 Å². The van der Waals surface area contributed by atoms with Crippen LogP contribution >= 0.6 is 0 Å². The van der Waals surface area contributed by atoms with E-state index in [9.17, 15) is 4.79 Å². The molecule has 0 aliphatic heterocycles. The second-order valence-corrected chi connectivity index (χ2v) is 7.23. The molecular formula is C22H31N3O. The molecule has 26 heavy (non-hydrogen) atoms. The zero-order valence-corrected chi connectivity index (χ0v) is 16.6. The summed E-state index contributed by atoms with van der Waals surface area (Å²) < 4.78 is 0. The second-order valence-electron chi connectivity index (χ2n) is 7.23. The summed E-state index contributed by atoms with van der Waals surface area (Å²) in [6.45, 7) is 13.1. The molecule has 2 aromatic rings. The highest BCUT2D eigenvalue weighted by Gasteiger charge is 2.21. The maximum Gasteiger partial charge on any atom is 0.319 e. The molecule has 0 unspecified atom stereocenters. The van der Waals surface area contributed by atoms with E-state index >= 15 is 0 Å². The van der Waals surface area contributed by atoms with E-state index in [0.29, 0.717) is 6.54 Å². The molecule has 0 spiro atoms. The van der Waals surface area contributed by atoms with E-state index in [1.807, 2.05) is 31.2 Å². The van der Waals surface area contributed by atoms with Crippen LogP contribution < -0.4 is 15.5 Å². The lowest BCUT2D eigenvalue weighted by Crippen LogP contribution is -2.39. The van der Waals surface area contributed by atoms with Gasteiger partial charge in [0.2, 0.25) is 0 Å². The Bertz CT molecular complexity index is 721. The van der Waals surface area contributed by atoms with Gasteiger partial charge >= 0.3 is 6.03 Å². The molecule has 0 aliphatic rings. The first-order valence-corrected chi connectivity index (χ1v) is 9.33. The number of carbonyl (C=O) groups excluding carboxylic acids is 1. The average Bonchev–Trinajstić information content (AvgIpc) is 2.64. The summed E-state index contributed by atoms with van der Waals surface area (Å²) in [5.74, 6) is 0. The van der Waals surface area contributed by atoms with Crippen LogP contribution in [0.4, 0.5) is 16.2 Å². The Balaban J connectivity index is 1.97. The lowest BCUT2D eigenvalue weighted by Gasteiger charge is -2.26. The number of benzene rings is 2. The van der Waals surface area contributed by atoms with Crippen LogP contribution in [0, 0.1) is 6.92 Å². The Morgan fingerprint density at radius 2 is 1.69 bits per heavy atom. The van der Waals surface area contributed by atoms with Gasteiger partial charge in [-0.1, -0.05) is 44.2 Å². The molecule has 140 valence electrons. The van der Waals surface area contributed by atoms with Crippen LogP contribution in [-0.2, 0) is 5.41 Å². The number of nitrogens with one attached hydrogen (secondary N) is 2. The Labute approximate surface area is 157 Å². The van der Waals surface area contributed by atoms with Crippen LogP contribution in [0.3, 0.4) is 0 Å². The number of amides is 2. The smallest absolute Gasteiger partial charge is 0.319 e. The average molecular weight is 354 g/mol. The van der Waals surface area contributed by atoms with Crippen LogP contribution in [0.15, 0.2) is 48.5 Å². The van der Waals surface area contributed by atoms with Crippen molar-refractivity contribution in [3.63, 3.8) is 0 Å². The summed E-state index contributed by atoms with van der Waals surface area (Å²) in [7, 11) is 0. The van der Waals surface area contributed by atoms with Crippen LogP contribution in [-0.4, -0.2) is 25.7 Å². The number of rotatable bonds is 7. The number of urea groups is 1. The second kappa shape index (κ2) is 8.75. The SMILES string of the molecule is CCN(CC)c1ccc(NC(=O)NCC(C)(C)c2ccccc2)c(C)c1. The van der Waals surface area contributed by atoms with Crippen molar-refractivity contribution in [2.45, 2.75) is 40.0 Å². The highest BCUT2D eigenvalue weighted by molar-refractivity contribution is 5.90. The summed E-state index contributed by atoms with van der Waals surface area (Å²) in [4.78, 5) is 14.6. The van der Waals surface area contributed by atoms with E-state index in [1.165, 1.54) is 11.3 Å². The van der Waals surface area contributed by atoms with Crippen molar-refractivity contribution in [3.05, 3.63) is 59.7 Å². The molecule has 2 aromatic carbocycles. The Morgan fingerprint density at radius 1 is 1.04 bits per heavy atom. The molecule has 0 aromatic heterocycles. The van der Waals surface area contributed by atoms with Gasteiger partial charge in [-0.3, -0.25) is 0 Å². The van der Waals surface area contributed by atoms with Gasteiger partial charge in [-0.05, 0) is 50.1 Å². The zero-order chi connectivity index (χ0) is 19.2. The number of aryl methyl sites for hydroxylation is 1. The van der Waals surface area contributed by atoms with Crippen LogP contribution in [0.1, 0.15) is 38.8 Å². The third-order valence-corrected chi connectivity index (χ3v) is 4.83. The van der Waals surface area contributed by atoms with Crippen molar-refractivity contribution in [1.29, 1.82) is 0 Å². The normalized spacial score (nSPS) is 11.1. The molecule has 2 amide bonds. The molecular weight excluding hydrogens is 322 g/mol. The maximum absolute atomic E-state index is 12.3. The molecule has 0 atom stereocenters. The first-order valence-electron chi connectivity index (χ1n) is 9.33. The topological polar surface area (TPSA) is 44.4 Å². The minimum absolute atomic E-state index is 0.125. The van der Waals surface area contributed by atoms with Crippen LogP contribution in [0.5, 0.6) is 0 Å². The molecule has 0 bridgehead atoms. The molecule has 0 fully saturated rings. The van der Waals surface area contributed by atoms with Gasteiger partial charge in [0, 0.05) is 36.4 Å². The van der Waals surface area contributed by atoms with Crippen molar-refractivity contribution < 1.29 is 4.79 Å². The van der Waals surface area contributed by atoms with Gasteiger partial charge in [0.05, 0.1) is 0 Å². The number of carbonyl (C=O) groups is 1. The number of hydrogen-bond acceptors (Lipinski definition) is 2. The van der Waals surface area contributed by atoms with Crippen LogP contribution in [0.25, 0.3) is 0 Å². The van der Waals surface area contributed by atoms with Crippen molar-refractivity contribution >= 4 is 17.4 Å². The van der Waals surface area contributed by atoms with Gasteiger partial charge in [0.25, 0.3) is 0 Å². The fourth-order valence-corrected chi connectivity index (χ4v) is 3.03. The fourth-order valence-electron chi connectivity index (χ4n) is 3.03. The first-order chi connectivity index (χ1) is 12.4. The molecule has 0 aliphatic carbocycles. The van der Waals surface area contributed by atoms with Crippen LogP contribution in [0.2, 0.25) is 0 Å². The highest BCUT2D eigenvalue weighted by atomic mass is 16.2. The molecule has 4 heteroatoms. The van der Waals surface area contributed by atoms with Crippen molar-refractivity contribution in [2.75, 3.05) is 29.9 Å². The van der Waals surface area contributed by atoms with E-state index in [-0.39, 0.29) is 11.4 Å². The molecule has 0 heterocycles. The fraction of sp³-hybridized carbons (Fsp3) is 0.409. The highest BCUT2D eigenvalue weighted by Crippen LogP contribution is 2.23. The summed E-state index contributed by atoms with van der Waals surface area (Å²) in [6, 6.07) is 16.2. The first kappa shape index (κ1) is 19.8. The summed E-state index contributed by atoms with van der Waals surface area (Å²) in [6.07, 6.45) is 0. The molecule has 2 N–H and O–H groups in total. The standard InChI is InChI=1S/C22H31N3O/c1-6-25(7-2)19-13-14-20(17(3)15-19)24-21(26)23-16-22(4,5)18-11-9-8-10-12-18/h8-15H,6-7,16H2,1-5H3,(H2,23,24,26). The van der Waals surface area contributed by atoms with Gasteiger partial charge in [-0.2, -0.15) is 0 Å². The Morgan fingerprint density at radius 3 is 2.27 bits per heavy atom. The molecule has 0 saturated heterocycles. The van der Waals surface area contributed by atoms with Gasteiger partial charge in [0.15, 0.2) is 0 Å². The molecule has 2 rings (SSSR count). The van der Waals surface area contributed by atoms with Crippen molar-refractivity contribution in [3.8, 4) is 0 Å². The summed E-state index contributed by atoms with van der Waals surface area (Å²) >= 11 is 0. The predicted octanol–water partition coefficient (Wildman–Crippen LogP) is 4.94. The van der Waals surface area contributed by atoms with Crippen molar-refractivity contribution in [2.24, 2.45) is 0 Å². The minimum Gasteiger partial charge on any atom is -0.372 e. The maximum atomic E-state index is 12.3.